The third-order valence-corrected chi connectivity index (χ3v) is 3.99. The van der Waals surface area contributed by atoms with Gasteiger partial charge in [-0.3, -0.25) is 14.3 Å². The van der Waals surface area contributed by atoms with E-state index in [9.17, 15) is 9.59 Å². The number of carbonyl (C=O) groups excluding carboxylic acids is 2. The highest BCUT2D eigenvalue weighted by Gasteiger charge is 2.12. The average molecular weight is 369 g/mol. The Hall–Kier alpha value is -3.12. The lowest BCUT2D eigenvalue weighted by atomic mass is 10.2. The zero-order valence-electron chi connectivity index (χ0n) is 14.1. The van der Waals surface area contributed by atoms with E-state index in [0.29, 0.717) is 34.2 Å². The van der Waals surface area contributed by atoms with Crippen molar-refractivity contribution < 1.29 is 9.59 Å². The van der Waals surface area contributed by atoms with Gasteiger partial charge in [0.05, 0.1) is 0 Å². The number of nitrogens with zero attached hydrogens (tertiary/aromatic N) is 2. The molecule has 1 aromatic heterocycles. The van der Waals surface area contributed by atoms with Gasteiger partial charge in [-0.15, -0.1) is 0 Å². The summed E-state index contributed by atoms with van der Waals surface area (Å²) in [6, 6.07) is 15.2. The molecule has 0 atom stereocenters. The SMILES string of the molecule is CCn1nccc1C(=O)Nc1cccc(NC(=O)c2ccc(Cl)cc2)c1. The van der Waals surface area contributed by atoms with Crippen LogP contribution in [0.5, 0.6) is 0 Å². The van der Waals surface area contributed by atoms with E-state index in [1.54, 1.807) is 65.5 Å². The van der Waals surface area contributed by atoms with Gasteiger partial charge in [0.1, 0.15) is 5.69 Å². The lowest BCUT2D eigenvalue weighted by molar-refractivity contribution is 0.101. The number of hydrogen-bond donors (Lipinski definition) is 2. The summed E-state index contributed by atoms with van der Waals surface area (Å²) in [5.41, 5.74) is 2.12. The highest BCUT2D eigenvalue weighted by molar-refractivity contribution is 6.30. The van der Waals surface area contributed by atoms with Crippen LogP contribution in [0, 0.1) is 0 Å². The van der Waals surface area contributed by atoms with Crippen molar-refractivity contribution in [3.8, 4) is 0 Å². The van der Waals surface area contributed by atoms with Crippen LogP contribution >= 0.6 is 11.6 Å². The molecular weight excluding hydrogens is 352 g/mol. The Morgan fingerprint density at radius 3 is 2.31 bits per heavy atom. The van der Waals surface area contributed by atoms with E-state index < -0.39 is 0 Å². The molecule has 1 heterocycles. The fraction of sp³-hybridized carbons (Fsp3) is 0.105. The van der Waals surface area contributed by atoms with E-state index in [0.717, 1.165) is 0 Å². The Balaban J connectivity index is 1.71. The predicted octanol–water partition coefficient (Wildman–Crippen LogP) is 4.06. The van der Waals surface area contributed by atoms with Gasteiger partial charge >= 0.3 is 0 Å². The van der Waals surface area contributed by atoms with Crippen LogP contribution in [0.4, 0.5) is 11.4 Å². The molecule has 2 amide bonds. The van der Waals surface area contributed by atoms with Gasteiger partial charge in [-0.2, -0.15) is 5.10 Å². The van der Waals surface area contributed by atoms with Crippen molar-refractivity contribution >= 4 is 34.8 Å². The molecule has 3 aromatic rings. The standard InChI is InChI=1S/C19H17ClN4O2/c1-2-24-17(10-11-21-24)19(26)23-16-5-3-4-15(12-16)22-18(25)13-6-8-14(20)9-7-13/h3-12H,2H2,1H3,(H,22,25)(H,23,26). The Morgan fingerprint density at radius 1 is 1.00 bits per heavy atom. The van der Waals surface area contributed by atoms with Crippen LogP contribution in [0.25, 0.3) is 0 Å². The highest BCUT2D eigenvalue weighted by atomic mass is 35.5. The fourth-order valence-electron chi connectivity index (χ4n) is 2.45. The van der Waals surface area contributed by atoms with Crippen molar-refractivity contribution in [2.45, 2.75) is 13.5 Å². The minimum atomic E-state index is -0.259. The molecule has 0 fully saturated rings. The molecule has 0 aliphatic rings. The molecule has 0 radical (unpaired) electrons. The van der Waals surface area contributed by atoms with Gasteiger partial charge < -0.3 is 10.6 Å². The number of anilines is 2. The van der Waals surface area contributed by atoms with Crippen LogP contribution < -0.4 is 10.6 Å². The average Bonchev–Trinajstić information content (AvgIpc) is 3.11. The second-order valence-corrected chi connectivity index (χ2v) is 5.96. The van der Waals surface area contributed by atoms with Crippen molar-refractivity contribution in [1.82, 2.24) is 9.78 Å². The topological polar surface area (TPSA) is 76.0 Å². The molecule has 7 heteroatoms. The molecule has 26 heavy (non-hydrogen) atoms. The first-order chi connectivity index (χ1) is 12.6. The number of nitrogens with one attached hydrogen (secondary N) is 2. The second kappa shape index (κ2) is 7.84. The van der Waals surface area contributed by atoms with Crippen LogP contribution in [0.15, 0.2) is 60.8 Å². The lowest BCUT2D eigenvalue weighted by Gasteiger charge is -2.10. The molecule has 0 spiro atoms. The van der Waals surface area contributed by atoms with Crippen LogP contribution in [0.1, 0.15) is 27.8 Å². The summed E-state index contributed by atoms with van der Waals surface area (Å²) >= 11 is 5.83. The predicted molar refractivity (Wildman–Crippen MR) is 102 cm³/mol. The van der Waals surface area contributed by atoms with Gasteiger partial charge in [0.2, 0.25) is 0 Å². The number of aryl methyl sites for hydroxylation is 1. The number of benzene rings is 2. The van der Waals surface area contributed by atoms with Crippen LogP contribution in [0.3, 0.4) is 0 Å². The Bertz CT molecular complexity index is 935. The first-order valence-electron chi connectivity index (χ1n) is 8.07. The summed E-state index contributed by atoms with van der Waals surface area (Å²) in [5.74, 6) is -0.514. The maximum absolute atomic E-state index is 12.4. The number of hydrogen-bond acceptors (Lipinski definition) is 3. The minimum Gasteiger partial charge on any atom is -0.322 e. The second-order valence-electron chi connectivity index (χ2n) is 5.53. The summed E-state index contributed by atoms with van der Waals surface area (Å²) in [5, 5.41) is 10.3. The van der Waals surface area contributed by atoms with Crippen molar-refractivity contribution in [3.05, 3.63) is 77.1 Å². The monoisotopic (exact) mass is 368 g/mol. The van der Waals surface area contributed by atoms with Crippen molar-refractivity contribution in [3.63, 3.8) is 0 Å². The summed E-state index contributed by atoms with van der Waals surface area (Å²) < 4.78 is 1.61. The smallest absolute Gasteiger partial charge is 0.273 e. The maximum Gasteiger partial charge on any atom is 0.273 e. The largest absolute Gasteiger partial charge is 0.322 e. The highest BCUT2D eigenvalue weighted by Crippen LogP contribution is 2.18. The molecule has 0 saturated carbocycles. The lowest BCUT2D eigenvalue weighted by Crippen LogP contribution is -2.17. The molecule has 0 aliphatic carbocycles. The van der Waals surface area contributed by atoms with Gasteiger partial charge in [0.15, 0.2) is 0 Å². The van der Waals surface area contributed by atoms with E-state index in [1.165, 1.54) is 0 Å². The third-order valence-electron chi connectivity index (χ3n) is 3.73. The first-order valence-corrected chi connectivity index (χ1v) is 8.45. The Morgan fingerprint density at radius 2 is 1.65 bits per heavy atom. The normalized spacial score (nSPS) is 10.4. The van der Waals surface area contributed by atoms with Gasteiger partial charge in [-0.05, 0) is 55.5 Å². The molecule has 2 aromatic carbocycles. The molecule has 132 valence electrons. The fourth-order valence-corrected chi connectivity index (χ4v) is 2.58. The Kier molecular flexibility index (Phi) is 5.34. The van der Waals surface area contributed by atoms with Crippen LogP contribution in [-0.4, -0.2) is 21.6 Å². The summed E-state index contributed by atoms with van der Waals surface area (Å²) in [4.78, 5) is 24.6. The van der Waals surface area contributed by atoms with E-state index >= 15 is 0 Å². The summed E-state index contributed by atoms with van der Waals surface area (Å²) in [6.45, 7) is 2.52. The number of aromatic nitrogens is 2. The molecular formula is C19H17ClN4O2. The zero-order chi connectivity index (χ0) is 18.5. The maximum atomic E-state index is 12.4. The quantitative estimate of drug-likeness (QED) is 0.713. The van der Waals surface area contributed by atoms with E-state index in [1.807, 2.05) is 6.92 Å². The van der Waals surface area contributed by atoms with Gasteiger partial charge in [0.25, 0.3) is 11.8 Å². The van der Waals surface area contributed by atoms with Crippen molar-refractivity contribution in [2.75, 3.05) is 10.6 Å². The number of amides is 2. The number of rotatable bonds is 5. The molecule has 0 unspecified atom stereocenters. The van der Waals surface area contributed by atoms with Gasteiger partial charge in [-0.1, -0.05) is 17.7 Å². The third kappa shape index (κ3) is 4.10. The zero-order valence-corrected chi connectivity index (χ0v) is 14.8. The Labute approximate surface area is 155 Å². The molecule has 0 saturated heterocycles. The van der Waals surface area contributed by atoms with Crippen molar-refractivity contribution in [1.29, 1.82) is 0 Å². The van der Waals surface area contributed by atoms with Gasteiger partial charge in [-0.25, -0.2) is 0 Å². The van der Waals surface area contributed by atoms with Gasteiger partial charge in [0, 0.05) is 34.7 Å². The molecule has 3 rings (SSSR count). The minimum absolute atomic E-state index is 0.255. The molecule has 0 aliphatic heterocycles. The molecule has 2 N–H and O–H groups in total. The molecule has 0 bridgehead atoms. The van der Waals surface area contributed by atoms with Crippen LogP contribution in [0.2, 0.25) is 5.02 Å². The van der Waals surface area contributed by atoms with E-state index in [-0.39, 0.29) is 11.8 Å². The number of carbonyl (C=O) groups is 2. The summed E-state index contributed by atoms with van der Waals surface area (Å²) in [7, 11) is 0. The number of halogens is 1. The van der Waals surface area contributed by atoms with Crippen LogP contribution in [-0.2, 0) is 6.54 Å². The van der Waals surface area contributed by atoms with E-state index in [2.05, 4.69) is 15.7 Å². The first kappa shape index (κ1) is 17.7. The van der Waals surface area contributed by atoms with Crippen molar-refractivity contribution in [2.24, 2.45) is 0 Å². The summed E-state index contributed by atoms with van der Waals surface area (Å²) in [6.07, 6.45) is 1.58. The van der Waals surface area contributed by atoms with E-state index in [4.69, 9.17) is 11.6 Å². The molecule has 6 nitrogen and oxygen atoms in total.